The highest BCUT2D eigenvalue weighted by atomic mass is 16.5. The third-order valence-corrected chi connectivity index (χ3v) is 6.65. The van der Waals surface area contributed by atoms with Crippen molar-refractivity contribution in [3.63, 3.8) is 0 Å². The first-order chi connectivity index (χ1) is 16.2. The van der Waals surface area contributed by atoms with Gasteiger partial charge in [0.05, 0.1) is 18.5 Å². The predicted octanol–water partition coefficient (Wildman–Crippen LogP) is 5.43. The normalized spacial score (nSPS) is 18.0. The molecule has 4 rings (SSSR count). The van der Waals surface area contributed by atoms with Gasteiger partial charge in [-0.1, -0.05) is 80.0 Å². The number of hydrogen-bond donors (Lipinski definition) is 1. The van der Waals surface area contributed by atoms with Gasteiger partial charge in [-0.3, -0.25) is 9.69 Å². The van der Waals surface area contributed by atoms with Crippen LogP contribution in [0.15, 0.2) is 53.1 Å². The summed E-state index contributed by atoms with van der Waals surface area (Å²) in [5.41, 5.74) is 4.67. The first-order valence-electron chi connectivity index (χ1n) is 12.2. The van der Waals surface area contributed by atoms with E-state index in [4.69, 9.17) is 4.52 Å². The fourth-order valence-electron chi connectivity index (χ4n) is 4.43. The maximum Gasteiger partial charge on any atom is 0.241 e. The highest BCUT2D eigenvalue weighted by molar-refractivity contribution is 5.79. The van der Waals surface area contributed by atoms with E-state index in [1.807, 2.05) is 19.1 Å². The Balaban J connectivity index is 1.34. The van der Waals surface area contributed by atoms with Crippen molar-refractivity contribution in [3.05, 3.63) is 71.1 Å². The Hall–Kier alpha value is -2.99. The van der Waals surface area contributed by atoms with Crippen LogP contribution < -0.4 is 5.32 Å². The molecule has 0 bridgehead atoms. The fourth-order valence-corrected chi connectivity index (χ4v) is 4.43. The van der Waals surface area contributed by atoms with Crippen molar-refractivity contribution < 1.29 is 9.32 Å². The summed E-state index contributed by atoms with van der Waals surface area (Å²) in [4.78, 5) is 19.8. The lowest BCUT2D eigenvalue weighted by atomic mass is 9.87. The minimum Gasteiger partial charge on any atom is -0.349 e. The lowest BCUT2D eigenvalue weighted by molar-refractivity contribution is -0.127. The van der Waals surface area contributed by atoms with Gasteiger partial charge in [-0.2, -0.15) is 4.98 Å². The van der Waals surface area contributed by atoms with E-state index < -0.39 is 0 Å². The van der Waals surface area contributed by atoms with E-state index in [1.54, 1.807) is 0 Å². The van der Waals surface area contributed by atoms with E-state index in [1.165, 1.54) is 11.1 Å². The van der Waals surface area contributed by atoms with Crippen molar-refractivity contribution in [2.24, 2.45) is 5.92 Å². The number of carbonyl (C=O) groups excluding carboxylic acids is 1. The maximum absolute atomic E-state index is 12.9. The average Bonchev–Trinajstić information content (AvgIpc) is 3.27. The SMILES string of the molecule is Cc1ccc(C(C)NC(=O)C2CCCN(Cc3nc(-c4ccc(C(C)(C)C)cc4)no3)C2)cc1. The summed E-state index contributed by atoms with van der Waals surface area (Å²) in [6.07, 6.45) is 1.88. The largest absolute Gasteiger partial charge is 0.349 e. The molecule has 3 aromatic rings. The summed E-state index contributed by atoms with van der Waals surface area (Å²) < 4.78 is 5.54. The Bertz CT molecular complexity index is 1100. The molecular formula is C28H36N4O2. The Morgan fingerprint density at radius 1 is 1.15 bits per heavy atom. The third-order valence-electron chi connectivity index (χ3n) is 6.65. The van der Waals surface area contributed by atoms with Gasteiger partial charge < -0.3 is 9.84 Å². The number of benzene rings is 2. The van der Waals surface area contributed by atoms with E-state index in [2.05, 4.69) is 84.5 Å². The number of rotatable bonds is 6. The molecule has 1 aliphatic heterocycles. The van der Waals surface area contributed by atoms with Crippen LogP contribution in [0, 0.1) is 12.8 Å². The molecule has 1 amide bonds. The molecule has 1 fully saturated rings. The molecule has 1 saturated heterocycles. The van der Waals surface area contributed by atoms with E-state index >= 15 is 0 Å². The molecule has 1 aliphatic rings. The second-order valence-electron chi connectivity index (χ2n) is 10.6. The summed E-state index contributed by atoms with van der Waals surface area (Å²) in [5, 5.41) is 7.38. The minimum absolute atomic E-state index is 0.00773. The van der Waals surface area contributed by atoms with Crippen LogP contribution in [-0.2, 0) is 16.8 Å². The van der Waals surface area contributed by atoms with Crippen molar-refractivity contribution in [1.82, 2.24) is 20.4 Å². The van der Waals surface area contributed by atoms with Crippen molar-refractivity contribution in [3.8, 4) is 11.4 Å². The number of nitrogens with zero attached hydrogens (tertiary/aromatic N) is 3. The lowest BCUT2D eigenvalue weighted by Crippen LogP contribution is -2.43. The van der Waals surface area contributed by atoms with Gasteiger partial charge in [0.2, 0.25) is 17.6 Å². The lowest BCUT2D eigenvalue weighted by Gasteiger charge is -2.31. The molecule has 2 unspecified atom stereocenters. The van der Waals surface area contributed by atoms with Crippen LogP contribution in [0.25, 0.3) is 11.4 Å². The number of amides is 1. The van der Waals surface area contributed by atoms with Crippen LogP contribution >= 0.6 is 0 Å². The van der Waals surface area contributed by atoms with Crippen molar-refractivity contribution in [2.75, 3.05) is 13.1 Å². The molecule has 0 radical (unpaired) electrons. The van der Waals surface area contributed by atoms with E-state index in [0.717, 1.165) is 30.5 Å². The molecule has 180 valence electrons. The number of hydrogen-bond acceptors (Lipinski definition) is 5. The zero-order valence-electron chi connectivity index (χ0n) is 21.0. The summed E-state index contributed by atoms with van der Waals surface area (Å²) in [6, 6.07) is 16.7. The molecule has 2 atom stereocenters. The maximum atomic E-state index is 12.9. The smallest absolute Gasteiger partial charge is 0.241 e. The van der Waals surface area contributed by atoms with Crippen LogP contribution in [0.1, 0.15) is 69.2 Å². The first kappa shape index (κ1) is 24.1. The van der Waals surface area contributed by atoms with E-state index in [9.17, 15) is 4.79 Å². The molecule has 6 nitrogen and oxygen atoms in total. The zero-order valence-corrected chi connectivity index (χ0v) is 21.0. The zero-order chi connectivity index (χ0) is 24.3. The average molecular weight is 461 g/mol. The Labute approximate surface area is 202 Å². The van der Waals surface area contributed by atoms with Gasteiger partial charge in [0.15, 0.2) is 0 Å². The Kier molecular flexibility index (Phi) is 7.17. The van der Waals surface area contributed by atoms with Crippen LogP contribution in [0.2, 0.25) is 0 Å². The van der Waals surface area contributed by atoms with Crippen molar-refractivity contribution in [1.29, 1.82) is 0 Å². The molecule has 2 aromatic carbocycles. The van der Waals surface area contributed by atoms with Crippen molar-refractivity contribution in [2.45, 2.75) is 65.5 Å². The monoisotopic (exact) mass is 460 g/mol. The molecule has 1 N–H and O–H groups in total. The molecule has 0 aliphatic carbocycles. The molecule has 0 spiro atoms. The van der Waals surface area contributed by atoms with Crippen molar-refractivity contribution >= 4 is 5.91 Å². The van der Waals surface area contributed by atoms with Crippen LogP contribution in [-0.4, -0.2) is 34.0 Å². The topological polar surface area (TPSA) is 71.3 Å². The highest BCUT2D eigenvalue weighted by Gasteiger charge is 2.28. The molecule has 6 heteroatoms. The molecule has 0 saturated carbocycles. The quantitative estimate of drug-likeness (QED) is 0.531. The standard InChI is InChI=1S/C28H36N4O2/c1-19-8-10-21(11-9-19)20(2)29-27(33)23-7-6-16-32(17-23)18-25-30-26(31-34-25)22-12-14-24(15-13-22)28(3,4)5/h8-15,20,23H,6-7,16-18H2,1-5H3,(H,29,33). The van der Waals surface area contributed by atoms with Gasteiger partial charge in [-0.05, 0) is 49.8 Å². The Morgan fingerprint density at radius 3 is 2.53 bits per heavy atom. The molecule has 34 heavy (non-hydrogen) atoms. The Morgan fingerprint density at radius 2 is 1.85 bits per heavy atom. The van der Waals surface area contributed by atoms with Gasteiger partial charge in [0, 0.05) is 12.1 Å². The summed E-state index contributed by atoms with van der Waals surface area (Å²) in [6.45, 7) is 12.9. The minimum atomic E-state index is -0.0333. The first-order valence-corrected chi connectivity index (χ1v) is 12.2. The summed E-state index contributed by atoms with van der Waals surface area (Å²) >= 11 is 0. The van der Waals surface area contributed by atoms with Crippen LogP contribution in [0.3, 0.4) is 0 Å². The van der Waals surface area contributed by atoms with E-state index in [-0.39, 0.29) is 23.3 Å². The molecular weight excluding hydrogens is 424 g/mol. The second-order valence-corrected chi connectivity index (χ2v) is 10.6. The number of piperidine rings is 1. The van der Waals surface area contributed by atoms with Crippen LogP contribution in [0.4, 0.5) is 0 Å². The third kappa shape index (κ3) is 5.92. The van der Waals surface area contributed by atoms with Gasteiger partial charge in [-0.15, -0.1) is 0 Å². The van der Waals surface area contributed by atoms with Gasteiger partial charge in [0.1, 0.15) is 0 Å². The number of aromatic nitrogens is 2. The van der Waals surface area contributed by atoms with Crippen LogP contribution in [0.5, 0.6) is 0 Å². The summed E-state index contributed by atoms with van der Waals surface area (Å²) in [5.74, 6) is 1.27. The van der Waals surface area contributed by atoms with Gasteiger partial charge in [0.25, 0.3) is 0 Å². The number of nitrogens with one attached hydrogen (secondary N) is 1. The second kappa shape index (κ2) is 10.1. The van der Waals surface area contributed by atoms with Gasteiger partial charge in [-0.25, -0.2) is 0 Å². The predicted molar refractivity (Wildman–Crippen MR) is 134 cm³/mol. The highest BCUT2D eigenvalue weighted by Crippen LogP contribution is 2.26. The fraction of sp³-hybridized carbons (Fsp3) is 0.464. The number of aryl methyl sites for hydroxylation is 1. The summed E-state index contributed by atoms with van der Waals surface area (Å²) in [7, 11) is 0. The molecule has 1 aromatic heterocycles. The molecule has 2 heterocycles. The van der Waals surface area contributed by atoms with E-state index in [0.29, 0.717) is 24.8 Å². The number of carbonyl (C=O) groups is 1. The van der Waals surface area contributed by atoms with Gasteiger partial charge >= 0.3 is 0 Å². The number of likely N-dealkylation sites (tertiary alicyclic amines) is 1.